The number of hydrogen-bond donors (Lipinski definition) is 1. The number of aromatic nitrogens is 3. The molecule has 20 heavy (non-hydrogen) atoms. The van der Waals surface area contributed by atoms with Crippen LogP contribution in [0.5, 0.6) is 0 Å². The Bertz CT molecular complexity index is 543. The average molecular weight is 272 g/mol. The highest BCUT2D eigenvalue weighted by Gasteiger charge is 2.16. The summed E-state index contributed by atoms with van der Waals surface area (Å²) < 4.78 is 7.57. The molecule has 2 aromatic heterocycles. The molecular formula is C15H20N4O. The molecule has 106 valence electrons. The van der Waals surface area contributed by atoms with E-state index in [4.69, 9.17) is 4.74 Å². The highest BCUT2D eigenvalue weighted by Crippen LogP contribution is 2.15. The van der Waals surface area contributed by atoms with E-state index >= 15 is 0 Å². The van der Waals surface area contributed by atoms with Crippen LogP contribution in [0.4, 0.5) is 5.69 Å². The molecule has 1 atom stereocenters. The van der Waals surface area contributed by atoms with E-state index in [1.165, 1.54) is 5.56 Å². The maximum atomic E-state index is 5.62. The second kappa shape index (κ2) is 6.05. The molecule has 5 nitrogen and oxygen atoms in total. The van der Waals surface area contributed by atoms with Crippen molar-refractivity contribution in [3.8, 4) is 0 Å². The van der Waals surface area contributed by atoms with Crippen molar-refractivity contribution in [1.29, 1.82) is 0 Å². The number of aryl methyl sites for hydroxylation is 1. The van der Waals surface area contributed by atoms with Crippen LogP contribution in [0.15, 0.2) is 30.7 Å². The third-order valence-electron chi connectivity index (χ3n) is 3.52. The number of hydrogen-bond acceptors (Lipinski definition) is 4. The normalized spacial score (nSPS) is 18.4. The van der Waals surface area contributed by atoms with Gasteiger partial charge < -0.3 is 10.1 Å². The van der Waals surface area contributed by atoms with Crippen molar-refractivity contribution in [2.45, 2.75) is 39.0 Å². The Morgan fingerprint density at radius 1 is 1.40 bits per heavy atom. The summed E-state index contributed by atoms with van der Waals surface area (Å²) in [6.45, 7) is 4.48. The van der Waals surface area contributed by atoms with Crippen LogP contribution in [0.2, 0.25) is 0 Å². The fraction of sp³-hybridized carbons (Fsp3) is 0.467. The highest BCUT2D eigenvalue weighted by molar-refractivity contribution is 5.39. The minimum atomic E-state index is 0.323. The van der Waals surface area contributed by atoms with Crippen LogP contribution in [0.25, 0.3) is 0 Å². The van der Waals surface area contributed by atoms with Gasteiger partial charge in [-0.2, -0.15) is 5.10 Å². The molecule has 1 aliphatic heterocycles. The Kier molecular flexibility index (Phi) is 3.97. The van der Waals surface area contributed by atoms with Crippen molar-refractivity contribution < 1.29 is 4.74 Å². The number of anilines is 1. The van der Waals surface area contributed by atoms with Crippen LogP contribution in [0.1, 0.15) is 24.1 Å². The number of nitrogens with one attached hydrogen (secondary N) is 1. The summed E-state index contributed by atoms with van der Waals surface area (Å²) in [6.07, 6.45) is 8.41. The quantitative estimate of drug-likeness (QED) is 0.908. The first-order valence-corrected chi connectivity index (χ1v) is 7.09. The maximum Gasteiger partial charge on any atom is 0.0771 e. The molecule has 3 heterocycles. The van der Waals surface area contributed by atoms with E-state index in [0.717, 1.165) is 43.9 Å². The van der Waals surface area contributed by atoms with Gasteiger partial charge in [0.2, 0.25) is 0 Å². The molecule has 0 radical (unpaired) electrons. The van der Waals surface area contributed by atoms with Gasteiger partial charge in [-0.05, 0) is 31.4 Å². The number of ether oxygens (including phenoxy) is 1. The summed E-state index contributed by atoms with van der Waals surface area (Å²) >= 11 is 0. The van der Waals surface area contributed by atoms with Gasteiger partial charge in [0.1, 0.15) is 0 Å². The van der Waals surface area contributed by atoms with E-state index in [1.54, 1.807) is 0 Å². The van der Waals surface area contributed by atoms with Crippen molar-refractivity contribution in [1.82, 2.24) is 14.8 Å². The average Bonchev–Trinajstić information content (AvgIpc) is 3.11. The molecule has 0 spiro atoms. The molecule has 5 heteroatoms. The molecule has 1 aliphatic rings. The lowest BCUT2D eigenvalue weighted by molar-refractivity contribution is 0.0940. The minimum Gasteiger partial charge on any atom is -0.378 e. The van der Waals surface area contributed by atoms with Gasteiger partial charge in [0.25, 0.3) is 0 Å². The van der Waals surface area contributed by atoms with Crippen molar-refractivity contribution in [3.63, 3.8) is 0 Å². The van der Waals surface area contributed by atoms with E-state index in [9.17, 15) is 0 Å². The smallest absolute Gasteiger partial charge is 0.0771 e. The maximum absolute atomic E-state index is 5.62. The summed E-state index contributed by atoms with van der Waals surface area (Å²) in [4.78, 5) is 4.29. The molecule has 0 amide bonds. The van der Waals surface area contributed by atoms with E-state index in [0.29, 0.717) is 6.10 Å². The zero-order valence-electron chi connectivity index (χ0n) is 11.7. The van der Waals surface area contributed by atoms with Crippen LogP contribution >= 0.6 is 0 Å². The molecule has 1 saturated heterocycles. The van der Waals surface area contributed by atoms with Gasteiger partial charge in [-0.25, -0.2) is 0 Å². The van der Waals surface area contributed by atoms with Gasteiger partial charge in [-0.1, -0.05) is 6.07 Å². The van der Waals surface area contributed by atoms with Crippen molar-refractivity contribution in [3.05, 3.63) is 42.0 Å². The standard InChI is InChI=1S/C15H20N4O/c1-12-4-5-13(7-16-12)8-17-14-9-18-19(10-14)11-15-3-2-6-20-15/h4-5,7,9-10,15,17H,2-3,6,8,11H2,1H3. The van der Waals surface area contributed by atoms with Crippen LogP contribution in [-0.4, -0.2) is 27.5 Å². The SMILES string of the molecule is Cc1ccc(CNc2cnn(CC3CCCO3)c2)cn1. The molecule has 0 aromatic carbocycles. The summed E-state index contributed by atoms with van der Waals surface area (Å²) in [5.41, 5.74) is 3.24. The highest BCUT2D eigenvalue weighted by atomic mass is 16.5. The van der Waals surface area contributed by atoms with Crippen molar-refractivity contribution in [2.24, 2.45) is 0 Å². The topological polar surface area (TPSA) is 52.0 Å². The Balaban J connectivity index is 1.52. The lowest BCUT2D eigenvalue weighted by atomic mass is 10.2. The first-order chi connectivity index (χ1) is 9.79. The third kappa shape index (κ3) is 3.36. The van der Waals surface area contributed by atoms with Crippen molar-refractivity contribution >= 4 is 5.69 Å². The second-order valence-electron chi connectivity index (χ2n) is 5.25. The van der Waals surface area contributed by atoms with Gasteiger partial charge in [0.05, 0.1) is 24.5 Å². The molecule has 1 fully saturated rings. The molecule has 2 aromatic rings. The molecular weight excluding hydrogens is 252 g/mol. The Labute approximate surface area is 119 Å². The fourth-order valence-electron chi connectivity index (χ4n) is 2.36. The monoisotopic (exact) mass is 272 g/mol. The molecule has 0 saturated carbocycles. The van der Waals surface area contributed by atoms with Gasteiger partial charge in [-0.15, -0.1) is 0 Å². The summed E-state index contributed by atoms with van der Waals surface area (Å²) in [5.74, 6) is 0. The zero-order chi connectivity index (χ0) is 13.8. The number of rotatable bonds is 5. The van der Waals surface area contributed by atoms with Gasteiger partial charge in [0, 0.05) is 31.2 Å². The molecule has 1 N–H and O–H groups in total. The predicted molar refractivity (Wildman–Crippen MR) is 77.5 cm³/mol. The molecule has 0 bridgehead atoms. The summed E-state index contributed by atoms with van der Waals surface area (Å²) in [5, 5.41) is 7.73. The van der Waals surface area contributed by atoms with E-state index < -0.39 is 0 Å². The Hall–Kier alpha value is -1.88. The van der Waals surface area contributed by atoms with Crippen LogP contribution in [-0.2, 0) is 17.8 Å². The number of pyridine rings is 1. The molecule has 1 unspecified atom stereocenters. The largest absolute Gasteiger partial charge is 0.378 e. The fourth-order valence-corrected chi connectivity index (χ4v) is 2.36. The van der Waals surface area contributed by atoms with Crippen LogP contribution < -0.4 is 5.32 Å². The first kappa shape index (κ1) is 13.1. The summed E-state index contributed by atoms with van der Waals surface area (Å²) in [6, 6.07) is 4.12. The van der Waals surface area contributed by atoms with Gasteiger partial charge in [0.15, 0.2) is 0 Å². The predicted octanol–water partition coefficient (Wildman–Crippen LogP) is 2.38. The lowest BCUT2D eigenvalue weighted by Gasteiger charge is -2.08. The Morgan fingerprint density at radius 2 is 2.35 bits per heavy atom. The Morgan fingerprint density at radius 3 is 3.10 bits per heavy atom. The molecule has 3 rings (SSSR count). The third-order valence-corrected chi connectivity index (χ3v) is 3.52. The zero-order valence-corrected chi connectivity index (χ0v) is 11.7. The van der Waals surface area contributed by atoms with E-state index in [-0.39, 0.29) is 0 Å². The van der Waals surface area contributed by atoms with E-state index in [1.807, 2.05) is 36.3 Å². The van der Waals surface area contributed by atoms with Gasteiger partial charge >= 0.3 is 0 Å². The van der Waals surface area contributed by atoms with Crippen molar-refractivity contribution in [2.75, 3.05) is 11.9 Å². The minimum absolute atomic E-state index is 0.323. The van der Waals surface area contributed by atoms with Gasteiger partial charge in [-0.3, -0.25) is 9.67 Å². The van der Waals surface area contributed by atoms with Crippen LogP contribution in [0.3, 0.4) is 0 Å². The molecule has 0 aliphatic carbocycles. The number of nitrogens with zero attached hydrogens (tertiary/aromatic N) is 3. The summed E-state index contributed by atoms with van der Waals surface area (Å²) in [7, 11) is 0. The van der Waals surface area contributed by atoms with Crippen LogP contribution in [0, 0.1) is 6.92 Å². The second-order valence-corrected chi connectivity index (χ2v) is 5.25. The first-order valence-electron chi connectivity index (χ1n) is 7.09. The lowest BCUT2D eigenvalue weighted by Crippen LogP contribution is -2.15. The van der Waals surface area contributed by atoms with E-state index in [2.05, 4.69) is 21.5 Å².